The molecule has 0 aliphatic rings. The second-order valence-corrected chi connectivity index (χ2v) is 6.75. The average Bonchev–Trinajstić information content (AvgIpc) is 3.18. The number of carbonyl (C=O) groups excluding carboxylic acids is 1. The van der Waals surface area contributed by atoms with Gasteiger partial charge in [-0.3, -0.25) is 4.79 Å². The molecule has 0 bridgehead atoms. The summed E-state index contributed by atoms with van der Waals surface area (Å²) in [6.45, 7) is 0. The first-order valence-corrected chi connectivity index (χ1v) is 9.43. The number of ether oxygens (including phenoxy) is 2. The number of para-hydroxylation sites is 1. The second-order valence-electron chi connectivity index (χ2n) is 6.75. The molecule has 0 aliphatic carbocycles. The molecular formula is C23H19N3O5. The largest absolute Gasteiger partial charge is 0.511 e. The Bertz CT molecular complexity index is 1270. The van der Waals surface area contributed by atoms with Gasteiger partial charge in [0, 0.05) is 58.8 Å². The molecule has 2 aromatic carbocycles. The third kappa shape index (κ3) is 4.48. The van der Waals surface area contributed by atoms with Gasteiger partial charge in [-0.05, 0) is 29.8 Å². The summed E-state index contributed by atoms with van der Waals surface area (Å²) in [7, 11) is 1.55. The number of methoxy groups -OCH3 is 1. The smallest absolute Gasteiger partial charge is 0.481 e. The molecule has 0 atom stereocenters. The van der Waals surface area contributed by atoms with Crippen LogP contribution in [0.1, 0.15) is 15.9 Å². The van der Waals surface area contributed by atoms with E-state index in [4.69, 9.17) is 9.84 Å². The normalized spacial score (nSPS) is 10.6. The highest BCUT2D eigenvalue weighted by Gasteiger charge is 2.16. The van der Waals surface area contributed by atoms with E-state index < -0.39 is 6.16 Å². The topological polar surface area (TPSA) is 114 Å². The molecule has 2 aromatic heterocycles. The fraction of sp³-hybridized carbons (Fsp3) is 0.0870. The number of hydrogen-bond acceptors (Lipinski definition) is 6. The average molecular weight is 417 g/mol. The molecule has 3 N–H and O–H groups in total. The third-order valence-electron chi connectivity index (χ3n) is 4.75. The van der Waals surface area contributed by atoms with Crippen molar-refractivity contribution >= 4 is 34.2 Å². The highest BCUT2D eigenvalue weighted by molar-refractivity contribution is 6.09. The molecule has 0 unspecified atom stereocenters. The number of nitrogens with one attached hydrogen (secondary N) is 2. The van der Waals surface area contributed by atoms with Crippen molar-refractivity contribution < 1.29 is 24.2 Å². The van der Waals surface area contributed by atoms with E-state index in [1.807, 2.05) is 30.3 Å². The molecule has 4 rings (SSSR count). The van der Waals surface area contributed by atoms with Crippen molar-refractivity contribution in [1.82, 2.24) is 9.97 Å². The van der Waals surface area contributed by atoms with Crippen molar-refractivity contribution in [2.45, 2.75) is 6.42 Å². The molecule has 31 heavy (non-hydrogen) atoms. The van der Waals surface area contributed by atoms with E-state index in [1.54, 1.807) is 37.7 Å². The van der Waals surface area contributed by atoms with Gasteiger partial charge in [-0.15, -0.1) is 0 Å². The fourth-order valence-corrected chi connectivity index (χ4v) is 3.32. The van der Waals surface area contributed by atoms with Crippen LogP contribution >= 0.6 is 0 Å². The molecular weight excluding hydrogens is 398 g/mol. The van der Waals surface area contributed by atoms with Gasteiger partial charge < -0.3 is 24.9 Å². The maximum atomic E-state index is 13.1. The predicted molar refractivity (Wildman–Crippen MR) is 115 cm³/mol. The van der Waals surface area contributed by atoms with Crippen LogP contribution in [0.2, 0.25) is 0 Å². The number of fused-ring (bicyclic) bond motifs is 1. The summed E-state index contributed by atoms with van der Waals surface area (Å²) in [4.78, 5) is 30.9. The molecule has 0 radical (unpaired) electrons. The third-order valence-corrected chi connectivity index (χ3v) is 4.75. The highest BCUT2D eigenvalue weighted by atomic mass is 16.7. The van der Waals surface area contributed by atoms with Crippen LogP contribution in [0, 0.1) is 0 Å². The molecule has 0 aliphatic heterocycles. The van der Waals surface area contributed by atoms with Crippen LogP contribution in [0.25, 0.3) is 10.9 Å². The number of benzene rings is 2. The van der Waals surface area contributed by atoms with E-state index in [1.165, 1.54) is 6.07 Å². The maximum absolute atomic E-state index is 13.1. The monoisotopic (exact) mass is 417 g/mol. The van der Waals surface area contributed by atoms with Gasteiger partial charge in [0.15, 0.2) is 5.78 Å². The molecule has 156 valence electrons. The number of carboxylic acid groups (broad SMARTS) is 1. The number of carbonyl (C=O) groups is 2. The Kier molecular flexibility index (Phi) is 5.53. The summed E-state index contributed by atoms with van der Waals surface area (Å²) in [6, 6.07) is 15.9. The highest BCUT2D eigenvalue weighted by Crippen LogP contribution is 2.27. The summed E-state index contributed by atoms with van der Waals surface area (Å²) in [5.41, 5.74) is 3.59. The van der Waals surface area contributed by atoms with Gasteiger partial charge in [0.2, 0.25) is 5.88 Å². The lowest BCUT2D eigenvalue weighted by Gasteiger charge is -2.12. The maximum Gasteiger partial charge on any atom is 0.511 e. The first-order chi connectivity index (χ1) is 15.0. The SMILES string of the molecule is COc1cc(Nc2ccccc2CC(=O)c2c[nH]c3cc(OC(=O)O)ccc23)ccn1. The number of Topliss-reactive ketones (excluding diaryl/α,β-unsaturated/α-hetero) is 1. The number of H-pyrrole nitrogens is 1. The number of aromatic nitrogens is 2. The summed E-state index contributed by atoms with van der Waals surface area (Å²) in [5.74, 6) is 0.603. The Morgan fingerprint density at radius 2 is 1.97 bits per heavy atom. The summed E-state index contributed by atoms with van der Waals surface area (Å²) < 4.78 is 9.82. The van der Waals surface area contributed by atoms with E-state index in [0.29, 0.717) is 22.3 Å². The van der Waals surface area contributed by atoms with E-state index >= 15 is 0 Å². The van der Waals surface area contributed by atoms with E-state index in [-0.39, 0.29) is 18.0 Å². The number of anilines is 2. The number of rotatable bonds is 7. The van der Waals surface area contributed by atoms with E-state index in [2.05, 4.69) is 20.0 Å². The van der Waals surface area contributed by atoms with E-state index in [9.17, 15) is 9.59 Å². The van der Waals surface area contributed by atoms with Gasteiger partial charge in [-0.2, -0.15) is 0 Å². The molecule has 0 amide bonds. The number of pyridine rings is 1. The van der Waals surface area contributed by atoms with Crippen molar-refractivity contribution in [3.05, 3.63) is 78.1 Å². The molecule has 2 heterocycles. The molecule has 4 aromatic rings. The Hall–Kier alpha value is -4.33. The minimum Gasteiger partial charge on any atom is -0.481 e. The van der Waals surface area contributed by atoms with Crippen LogP contribution in [0.4, 0.5) is 16.2 Å². The Balaban J connectivity index is 1.57. The van der Waals surface area contributed by atoms with Gasteiger partial charge >= 0.3 is 6.16 Å². The fourth-order valence-electron chi connectivity index (χ4n) is 3.32. The number of hydrogen-bond donors (Lipinski definition) is 3. The summed E-state index contributed by atoms with van der Waals surface area (Å²) in [6.07, 6.45) is 2.06. The van der Waals surface area contributed by atoms with Gasteiger partial charge in [0.1, 0.15) is 5.75 Å². The molecule has 8 nitrogen and oxygen atoms in total. The standard InChI is InChI=1S/C23H19N3O5/c1-30-22-11-15(8-9-24-22)26-19-5-3-2-4-14(19)10-21(27)18-13-25-20-12-16(31-23(28)29)6-7-17(18)20/h2-9,11-13,25H,10H2,1H3,(H,24,26)(H,28,29). The molecule has 0 fully saturated rings. The number of aromatic amines is 1. The predicted octanol–water partition coefficient (Wildman–Crippen LogP) is 4.80. The molecule has 0 spiro atoms. The molecule has 8 heteroatoms. The zero-order valence-electron chi connectivity index (χ0n) is 16.6. The minimum atomic E-state index is -1.39. The van der Waals surface area contributed by atoms with Crippen molar-refractivity contribution in [3.63, 3.8) is 0 Å². The Labute approximate surface area is 177 Å². The lowest BCUT2D eigenvalue weighted by Crippen LogP contribution is -2.06. The summed E-state index contributed by atoms with van der Waals surface area (Å²) >= 11 is 0. The van der Waals surface area contributed by atoms with Crippen LogP contribution in [-0.4, -0.2) is 34.1 Å². The molecule has 0 saturated heterocycles. The minimum absolute atomic E-state index is 0.0697. The van der Waals surface area contributed by atoms with E-state index in [0.717, 1.165) is 16.9 Å². The molecule has 0 saturated carbocycles. The zero-order chi connectivity index (χ0) is 21.8. The lowest BCUT2D eigenvalue weighted by atomic mass is 10.0. The Morgan fingerprint density at radius 3 is 2.77 bits per heavy atom. The quantitative estimate of drug-likeness (QED) is 0.225. The van der Waals surface area contributed by atoms with Crippen molar-refractivity contribution in [2.24, 2.45) is 0 Å². The number of ketones is 1. The van der Waals surface area contributed by atoms with Crippen LogP contribution in [0.15, 0.2) is 67.0 Å². The first-order valence-electron chi connectivity index (χ1n) is 9.43. The van der Waals surface area contributed by atoms with Crippen LogP contribution in [0.3, 0.4) is 0 Å². The van der Waals surface area contributed by atoms with Gasteiger partial charge in [0.25, 0.3) is 0 Å². The number of nitrogens with zero attached hydrogens (tertiary/aromatic N) is 1. The van der Waals surface area contributed by atoms with Gasteiger partial charge in [0.05, 0.1) is 7.11 Å². The van der Waals surface area contributed by atoms with Crippen LogP contribution in [-0.2, 0) is 6.42 Å². The lowest BCUT2D eigenvalue weighted by molar-refractivity contribution is 0.0994. The van der Waals surface area contributed by atoms with Crippen LogP contribution < -0.4 is 14.8 Å². The van der Waals surface area contributed by atoms with Crippen molar-refractivity contribution in [2.75, 3.05) is 12.4 Å². The van der Waals surface area contributed by atoms with Crippen molar-refractivity contribution in [1.29, 1.82) is 0 Å². The van der Waals surface area contributed by atoms with Gasteiger partial charge in [-0.25, -0.2) is 9.78 Å². The van der Waals surface area contributed by atoms with Gasteiger partial charge in [-0.1, -0.05) is 18.2 Å². The zero-order valence-corrected chi connectivity index (χ0v) is 16.6. The first kappa shape index (κ1) is 20.0. The second kappa shape index (κ2) is 8.58. The van der Waals surface area contributed by atoms with Crippen molar-refractivity contribution in [3.8, 4) is 11.6 Å². The van der Waals surface area contributed by atoms with Crippen LogP contribution in [0.5, 0.6) is 11.6 Å². The summed E-state index contributed by atoms with van der Waals surface area (Å²) in [5, 5.41) is 12.8. The Morgan fingerprint density at radius 1 is 1.13 bits per heavy atom.